The SMILES string of the molecule is CC1C=C[C@@H](NC(=O)Cc2ccccc2)[C@H]2C(=O)NC(=O)[C@@H]12. The second kappa shape index (κ2) is 5.75. The van der Waals surface area contributed by atoms with Gasteiger partial charge in [0, 0.05) is 0 Å². The van der Waals surface area contributed by atoms with Crippen molar-refractivity contribution in [3.8, 4) is 0 Å². The first kappa shape index (κ1) is 14.5. The fourth-order valence-electron chi connectivity index (χ4n) is 3.26. The van der Waals surface area contributed by atoms with E-state index in [9.17, 15) is 14.4 Å². The van der Waals surface area contributed by atoms with Crippen molar-refractivity contribution in [1.82, 2.24) is 10.6 Å². The van der Waals surface area contributed by atoms with Crippen molar-refractivity contribution >= 4 is 17.7 Å². The molecule has 22 heavy (non-hydrogen) atoms. The lowest BCUT2D eigenvalue weighted by Gasteiger charge is -2.30. The van der Waals surface area contributed by atoms with Crippen LogP contribution in [0.5, 0.6) is 0 Å². The third-order valence-corrected chi connectivity index (χ3v) is 4.35. The van der Waals surface area contributed by atoms with E-state index in [1.54, 1.807) is 0 Å². The smallest absolute Gasteiger partial charge is 0.232 e. The molecule has 0 radical (unpaired) electrons. The number of amides is 3. The molecule has 1 aliphatic heterocycles. The fourth-order valence-corrected chi connectivity index (χ4v) is 3.26. The molecular formula is C17H18N2O3. The Kier molecular flexibility index (Phi) is 3.79. The van der Waals surface area contributed by atoms with Gasteiger partial charge in [-0.3, -0.25) is 19.7 Å². The summed E-state index contributed by atoms with van der Waals surface area (Å²) in [6.45, 7) is 1.91. The summed E-state index contributed by atoms with van der Waals surface area (Å²) >= 11 is 0. The van der Waals surface area contributed by atoms with E-state index in [2.05, 4.69) is 10.6 Å². The van der Waals surface area contributed by atoms with E-state index in [-0.39, 0.29) is 36.0 Å². The second-order valence-corrected chi connectivity index (χ2v) is 5.90. The maximum atomic E-state index is 12.2. The quantitative estimate of drug-likeness (QED) is 0.640. The minimum Gasteiger partial charge on any atom is -0.349 e. The molecule has 1 unspecified atom stereocenters. The van der Waals surface area contributed by atoms with Crippen molar-refractivity contribution in [3.05, 3.63) is 48.0 Å². The molecule has 2 N–H and O–H groups in total. The van der Waals surface area contributed by atoms with E-state index in [0.717, 1.165) is 5.56 Å². The predicted octanol–water partition coefficient (Wildman–Crippen LogP) is 0.809. The van der Waals surface area contributed by atoms with Crippen molar-refractivity contribution in [1.29, 1.82) is 0 Å². The van der Waals surface area contributed by atoms with Crippen molar-refractivity contribution in [2.75, 3.05) is 0 Å². The average Bonchev–Trinajstić information content (AvgIpc) is 2.79. The van der Waals surface area contributed by atoms with Crippen LogP contribution < -0.4 is 10.6 Å². The molecule has 5 heteroatoms. The van der Waals surface area contributed by atoms with Crippen LogP contribution in [-0.2, 0) is 20.8 Å². The topological polar surface area (TPSA) is 75.3 Å². The number of hydrogen-bond acceptors (Lipinski definition) is 3. The van der Waals surface area contributed by atoms with E-state index in [4.69, 9.17) is 0 Å². The first-order valence-electron chi connectivity index (χ1n) is 7.42. The van der Waals surface area contributed by atoms with Gasteiger partial charge in [0.2, 0.25) is 17.7 Å². The molecule has 1 heterocycles. The van der Waals surface area contributed by atoms with Gasteiger partial charge in [0.15, 0.2) is 0 Å². The summed E-state index contributed by atoms with van der Waals surface area (Å²) < 4.78 is 0. The number of carbonyl (C=O) groups is 3. The van der Waals surface area contributed by atoms with Crippen LogP contribution in [0, 0.1) is 17.8 Å². The Bertz CT molecular complexity index is 639. The highest BCUT2D eigenvalue weighted by atomic mass is 16.2. The van der Waals surface area contributed by atoms with E-state index in [1.165, 1.54) is 0 Å². The van der Waals surface area contributed by atoms with E-state index >= 15 is 0 Å². The summed E-state index contributed by atoms with van der Waals surface area (Å²) in [5.41, 5.74) is 0.914. The van der Waals surface area contributed by atoms with Gasteiger partial charge in [0.05, 0.1) is 24.3 Å². The Hall–Kier alpha value is -2.43. The summed E-state index contributed by atoms with van der Waals surface area (Å²) in [5.74, 6) is -1.59. The first-order valence-corrected chi connectivity index (χ1v) is 7.42. The Balaban J connectivity index is 1.72. The van der Waals surface area contributed by atoms with Gasteiger partial charge in [-0.05, 0) is 11.5 Å². The number of carbonyl (C=O) groups excluding carboxylic acids is 3. The minimum absolute atomic E-state index is 0.00118. The number of hydrogen-bond donors (Lipinski definition) is 2. The lowest BCUT2D eigenvalue weighted by atomic mass is 9.75. The largest absolute Gasteiger partial charge is 0.349 e. The number of imide groups is 1. The van der Waals surface area contributed by atoms with Gasteiger partial charge in [0.25, 0.3) is 0 Å². The summed E-state index contributed by atoms with van der Waals surface area (Å²) in [4.78, 5) is 36.0. The lowest BCUT2D eigenvalue weighted by Crippen LogP contribution is -2.47. The summed E-state index contributed by atoms with van der Waals surface area (Å²) in [6.07, 6.45) is 3.98. The van der Waals surface area contributed by atoms with Gasteiger partial charge in [-0.25, -0.2) is 0 Å². The van der Waals surface area contributed by atoms with Crippen LogP contribution in [0.25, 0.3) is 0 Å². The number of allylic oxidation sites excluding steroid dienone is 1. The van der Waals surface area contributed by atoms with Crippen molar-refractivity contribution in [2.45, 2.75) is 19.4 Å². The molecule has 0 saturated carbocycles. The zero-order chi connectivity index (χ0) is 15.7. The van der Waals surface area contributed by atoms with Crippen LogP contribution in [-0.4, -0.2) is 23.8 Å². The Morgan fingerprint density at radius 1 is 1.09 bits per heavy atom. The normalized spacial score (nSPS) is 29.9. The molecule has 4 atom stereocenters. The maximum Gasteiger partial charge on any atom is 0.232 e. The summed E-state index contributed by atoms with van der Waals surface area (Å²) in [6, 6.07) is 8.99. The standard InChI is InChI=1S/C17H18N2O3/c1-10-7-8-12(15-14(10)16(21)19-17(15)22)18-13(20)9-11-5-3-2-4-6-11/h2-8,10,12,14-15H,9H2,1H3,(H,18,20)(H,19,21,22)/t10?,12-,14+,15-/m1/s1. The van der Waals surface area contributed by atoms with Gasteiger partial charge in [-0.1, -0.05) is 49.4 Å². The third-order valence-electron chi connectivity index (χ3n) is 4.35. The Labute approximate surface area is 128 Å². The highest BCUT2D eigenvalue weighted by Crippen LogP contribution is 2.34. The monoisotopic (exact) mass is 298 g/mol. The molecule has 3 amide bonds. The van der Waals surface area contributed by atoms with Gasteiger partial charge in [-0.15, -0.1) is 0 Å². The number of nitrogens with one attached hydrogen (secondary N) is 2. The molecule has 3 rings (SSSR count). The van der Waals surface area contributed by atoms with E-state index < -0.39 is 12.0 Å². The van der Waals surface area contributed by atoms with Crippen LogP contribution in [0.1, 0.15) is 12.5 Å². The van der Waals surface area contributed by atoms with Gasteiger partial charge in [0.1, 0.15) is 0 Å². The highest BCUT2D eigenvalue weighted by Gasteiger charge is 2.49. The molecular weight excluding hydrogens is 280 g/mol. The van der Waals surface area contributed by atoms with Gasteiger partial charge >= 0.3 is 0 Å². The second-order valence-electron chi connectivity index (χ2n) is 5.90. The zero-order valence-electron chi connectivity index (χ0n) is 12.3. The highest BCUT2D eigenvalue weighted by molar-refractivity contribution is 6.06. The van der Waals surface area contributed by atoms with Crippen LogP contribution in [0.4, 0.5) is 0 Å². The maximum absolute atomic E-state index is 12.2. The van der Waals surface area contributed by atoms with Gasteiger partial charge < -0.3 is 5.32 Å². The average molecular weight is 298 g/mol. The van der Waals surface area contributed by atoms with Gasteiger partial charge in [-0.2, -0.15) is 0 Å². The van der Waals surface area contributed by atoms with Crippen molar-refractivity contribution in [2.24, 2.45) is 17.8 Å². The summed E-state index contributed by atoms with van der Waals surface area (Å²) in [7, 11) is 0. The molecule has 0 bridgehead atoms. The van der Waals surface area contributed by atoms with Crippen molar-refractivity contribution < 1.29 is 14.4 Å². The molecule has 1 fully saturated rings. The Morgan fingerprint density at radius 3 is 2.50 bits per heavy atom. The minimum atomic E-state index is -0.507. The van der Waals surface area contributed by atoms with Crippen LogP contribution in [0.2, 0.25) is 0 Å². The Morgan fingerprint density at radius 2 is 1.77 bits per heavy atom. The van der Waals surface area contributed by atoms with Crippen LogP contribution in [0.3, 0.4) is 0 Å². The molecule has 1 aromatic rings. The molecule has 0 spiro atoms. The zero-order valence-corrected chi connectivity index (χ0v) is 12.3. The summed E-state index contributed by atoms with van der Waals surface area (Å²) in [5, 5.41) is 5.24. The molecule has 1 aliphatic carbocycles. The van der Waals surface area contributed by atoms with Crippen LogP contribution >= 0.6 is 0 Å². The first-order chi connectivity index (χ1) is 10.6. The van der Waals surface area contributed by atoms with Crippen LogP contribution in [0.15, 0.2) is 42.5 Å². The van der Waals surface area contributed by atoms with Crippen molar-refractivity contribution in [3.63, 3.8) is 0 Å². The van der Waals surface area contributed by atoms with E-state index in [1.807, 2.05) is 49.4 Å². The predicted molar refractivity (Wildman–Crippen MR) is 80.5 cm³/mol. The van der Waals surface area contributed by atoms with E-state index in [0.29, 0.717) is 0 Å². The number of fused-ring (bicyclic) bond motifs is 1. The molecule has 1 saturated heterocycles. The number of rotatable bonds is 3. The molecule has 114 valence electrons. The molecule has 2 aliphatic rings. The number of benzene rings is 1. The molecule has 0 aromatic heterocycles. The molecule has 1 aromatic carbocycles. The molecule has 5 nitrogen and oxygen atoms in total. The third kappa shape index (κ3) is 2.66. The fraction of sp³-hybridized carbons (Fsp3) is 0.353. The lowest BCUT2D eigenvalue weighted by molar-refractivity contribution is -0.126.